The first-order chi connectivity index (χ1) is 15.1. The second-order valence-corrected chi connectivity index (χ2v) is 11.2. The zero-order chi connectivity index (χ0) is 24.0. The molecule has 0 bridgehead atoms. The van der Waals surface area contributed by atoms with Gasteiger partial charge in [0, 0.05) is 13.0 Å². The molecule has 0 saturated carbocycles. The summed E-state index contributed by atoms with van der Waals surface area (Å²) >= 11 is 0. The molecule has 2 atom stereocenters. The fourth-order valence-corrected chi connectivity index (χ4v) is 5.37. The van der Waals surface area contributed by atoms with E-state index in [-0.39, 0.29) is 11.2 Å². The van der Waals surface area contributed by atoms with Gasteiger partial charge in [-0.2, -0.15) is 0 Å². The molecule has 0 radical (unpaired) electrons. The molecule has 1 aromatic rings. The second kappa shape index (κ2) is 15.0. The molecule has 0 fully saturated rings. The lowest BCUT2D eigenvalue weighted by atomic mass is 9.89. The fraction of sp³-hybridized carbons (Fsp3) is 0.800. The Morgan fingerprint density at radius 1 is 0.750 bits per heavy atom. The van der Waals surface area contributed by atoms with Crippen LogP contribution in [0.4, 0.5) is 0 Å². The number of aryl methyl sites for hydroxylation is 1. The highest BCUT2D eigenvalue weighted by Crippen LogP contribution is 2.29. The Morgan fingerprint density at radius 3 is 1.97 bits per heavy atom. The van der Waals surface area contributed by atoms with Gasteiger partial charge in [-0.1, -0.05) is 84.3 Å². The molecule has 0 aliphatic rings. The number of rotatable bonds is 18. The van der Waals surface area contributed by atoms with Gasteiger partial charge in [0.05, 0.1) is 5.60 Å². The van der Waals surface area contributed by atoms with E-state index < -0.39 is 0 Å². The van der Waals surface area contributed by atoms with Crippen LogP contribution in [0.1, 0.15) is 125 Å². The summed E-state index contributed by atoms with van der Waals surface area (Å²) in [6.07, 6.45) is 14.4. The maximum Gasteiger partial charge on any atom is 0.120 e. The van der Waals surface area contributed by atoms with Gasteiger partial charge in [0.25, 0.3) is 0 Å². The van der Waals surface area contributed by atoms with E-state index in [0.29, 0.717) is 0 Å². The molecule has 0 aliphatic heterocycles. The molecule has 1 aromatic carbocycles. The summed E-state index contributed by atoms with van der Waals surface area (Å²) in [5, 5.41) is 0. The van der Waals surface area contributed by atoms with Crippen molar-refractivity contribution in [2.45, 2.75) is 137 Å². The van der Waals surface area contributed by atoms with Crippen molar-refractivity contribution < 1.29 is 9.47 Å². The number of benzene rings is 1. The molecular formula is C30H54O2. The maximum atomic E-state index is 6.31. The highest BCUT2D eigenvalue weighted by Gasteiger charge is 2.30. The average Bonchev–Trinajstić information content (AvgIpc) is 2.68. The van der Waals surface area contributed by atoms with Crippen molar-refractivity contribution in [2.75, 3.05) is 6.61 Å². The van der Waals surface area contributed by atoms with Gasteiger partial charge in [0.1, 0.15) is 11.4 Å². The van der Waals surface area contributed by atoms with Gasteiger partial charge in [-0.05, 0) is 77.0 Å². The van der Waals surface area contributed by atoms with Crippen molar-refractivity contribution in [3.8, 4) is 5.75 Å². The standard InChI is InChI=1S/C30H54O2/c1-9-14-25(4)16-12-17-26(15-10-2)18-13-19-27-20-22-28(23-21-27)32-30(7,8)24-29(5,6)31-11-3/h20-23,25-26H,9-19,24H2,1-8H3. The maximum absolute atomic E-state index is 6.31. The SMILES string of the molecule is CCCC(C)CCCC(CCC)CCCc1ccc(OC(C)(C)CC(C)(C)OCC)cc1. The molecule has 2 unspecified atom stereocenters. The van der Waals surface area contributed by atoms with Crippen LogP contribution in [0.3, 0.4) is 0 Å². The molecule has 2 heteroatoms. The van der Waals surface area contributed by atoms with Gasteiger partial charge in [-0.3, -0.25) is 0 Å². The monoisotopic (exact) mass is 446 g/mol. The van der Waals surface area contributed by atoms with Crippen LogP contribution in [-0.2, 0) is 11.2 Å². The van der Waals surface area contributed by atoms with E-state index in [1.54, 1.807) is 0 Å². The van der Waals surface area contributed by atoms with Crippen molar-refractivity contribution in [1.29, 1.82) is 0 Å². The third kappa shape index (κ3) is 12.9. The van der Waals surface area contributed by atoms with Crippen molar-refractivity contribution in [3.63, 3.8) is 0 Å². The van der Waals surface area contributed by atoms with E-state index in [4.69, 9.17) is 9.47 Å². The van der Waals surface area contributed by atoms with Gasteiger partial charge in [-0.25, -0.2) is 0 Å². The van der Waals surface area contributed by atoms with E-state index in [1.165, 1.54) is 69.8 Å². The summed E-state index contributed by atoms with van der Waals surface area (Å²) in [7, 11) is 0. The summed E-state index contributed by atoms with van der Waals surface area (Å²) in [6, 6.07) is 8.79. The van der Waals surface area contributed by atoms with E-state index in [1.807, 2.05) is 6.92 Å². The first-order valence-corrected chi connectivity index (χ1v) is 13.5. The lowest BCUT2D eigenvalue weighted by molar-refractivity contribution is -0.0603. The van der Waals surface area contributed by atoms with E-state index >= 15 is 0 Å². The van der Waals surface area contributed by atoms with Gasteiger partial charge in [0.15, 0.2) is 0 Å². The molecule has 0 aliphatic carbocycles. The predicted octanol–water partition coefficient (Wildman–Crippen LogP) is 9.39. The summed E-state index contributed by atoms with van der Waals surface area (Å²) in [5.74, 6) is 2.76. The van der Waals surface area contributed by atoms with Crippen molar-refractivity contribution in [3.05, 3.63) is 29.8 Å². The lowest BCUT2D eigenvalue weighted by Gasteiger charge is -2.35. The summed E-state index contributed by atoms with van der Waals surface area (Å²) in [4.78, 5) is 0. The minimum Gasteiger partial charge on any atom is -0.488 e. The molecule has 0 N–H and O–H groups in total. The highest BCUT2D eigenvalue weighted by molar-refractivity contribution is 5.28. The third-order valence-corrected chi connectivity index (χ3v) is 6.57. The minimum absolute atomic E-state index is 0.179. The van der Waals surface area contributed by atoms with Gasteiger partial charge in [0.2, 0.25) is 0 Å². The number of hydrogen-bond donors (Lipinski definition) is 0. The molecule has 32 heavy (non-hydrogen) atoms. The Morgan fingerprint density at radius 2 is 1.38 bits per heavy atom. The van der Waals surface area contributed by atoms with Crippen LogP contribution >= 0.6 is 0 Å². The van der Waals surface area contributed by atoms with Crippen LogP contribution in [0.15, 0.2) is 24.3 Å². The molecule has 0 amide bonds. The summed E-state index contributed by atoms with van der Waals surface area (Å²) in [6.45, 7) is 18.4. The Bertz CT molecular complexity index is 587. The Hall–Kier alpha value is -1.02. The summed E-state index contributed by atoms with van der Waals surface area (Å²) in [5.41, 5.74) is 0.986. The van der Waals surface area contributed by atoms with Crippen molar-refractivity contribution >= 4 is 0 Å². The normalized spacial score (nSPS) is 14.4. The smallest absolute Gasteiger partial charge is 0.120 e. The molecule has 0 spiro atoms. The fourth-order valence-electron chi connectivity index (χ4n) is 5.37. The molecule has 1 rings (SSSR count). The Balaban J connectivity index is 2.45. The summed E-state index contributed by atoms with van der Waals surface area (Å²) < 4.78 is 12.2. The zero-order valence-corrected chi connectivity index (χ0v) is 22.8. The molecular weight excluding hydrogens is 392 g/mol. The van der Waals surface area contributed by atoms with Crippen LogP contribution < -0.4 is 4.74 Å². The topological polar surface area (TPSA) is 18.5 Å². The van der Waals surface area contributed by atoms with E-state index in [0.717, 1.165) is 30.6 Å². The molecule has 0 aromatic heterocycles. The predicted molar refractivity (Wildman–Crippen MR) is 141 cm³/mol. The van der Waals surface area contributed by atoms with E-state index in [9.17, 15) is 0 Å². The quantitative estimate of drug-likeness (QED) is 0.223. The second-order valence-electron chi connectivity index (χ2n) is 11.2. The molecule has 0 saturated heterocycles. The lowest BCUT2D eigenvalue weighted by Crippen LogP contribution is -2.39. The molecule has 0 heterocycles. The van der Waals surface area contributed by atoms with Crippen LogP contribution in [0.25, 0.3) is 0 Å². The molecule has 2 nitrogen and oxygen atoms in total. The first kappa shape index (κ1) is 29.0. The van der Waals surface area contributed by atoms with Crippen LogP contribution in [0, 0.1) is 11.8 Å². The van der Waals surface area contributed by atoms with Crippen LogP contribution in [0.2, 0.25) is 0 Å². The van der Waals surface area contributed by atoms with E-state index in [2.05, 4.69) is 72.7 Å². The Labute approximate surface area is 200 Å². The highest BCUT2D eigenvalue weighted by atomic mass is 16.5. The van der Waals surface area contributed by atoms with Crippen molar-refractivity contribution in [2.24, 2.45) is 11.8 Å². The van der Waals surface area contributed by atoms with Gasteiger partial charge >= 0.3 is 0 Å². The van der Waals surface area contributed by atoms with Crippen molar-refractivity contribution in [1.82, 2.24) is 0 Å². The van der Waals surface area contributed by atoms with Crippen LogP contribution in [0.5, 0.6) is 5.75 Å². The zero-order valence-electron chi connectivity index (χ0n) is 22.8. The average molecular weight is 447 g/mol. The van der Waals surface area contributed by atoms with Gasteiger partial charge < -0.3 is 9.47 Å². The largest absolute Gasteiger partial charge is 0.488 e. The molecule has 186 valence electrons. The van der Waals surface area contributed by atoms with Gasteiger partial charge in [-0.15, -0.1) is 0 Å². The minimum atomic E-state index is -0.262. The third-order valence-electron chi connectivity index (χ3n) is 6.57. The number of hydrogen-bond acceptors (Lipinski definition) is 2. The first-order valence-electron chi connectivity index (χ1n) is 13.5. The van der Waals surface area contributed by atoms with Crippen LogP contribution in [-0.4, -0.2) is 17.8 Å². The Kier molecular flexibility index (Phi) is 13.6. The number of ether oxygens (including phenoxy) is 2.